The van der Waals surface area contributed by atoms with Gasteiger partial charge in [0.15, 0.2) is 6.61 Å². The average molecular weight is 359 g/mol. The predicted octanol–water partition coefficient (Wildman–Crippen LogP) is 2.58. The summed E-state index contributed by atoms with van der Waals surface area (Å²) in [6.45, 7) is 0.964. The van der Waals surface area contributed by atoms with E-state index in [2.05, 4.69) is 10.6 Å². The number of carbonyl (C=O) groups excluding carboxylic acids is 2. The fourth-order valence-electron chi connectivity index (χ4n) is 2.11. The molecule has 2 N–H and O–H groups in total. The van der Waals surface area contributed by atoms with E-state index in [1.165, 1.54) is 32.2 Å². The van der Waals surface area contributed by atoms with Crippen LogP contribution in [0.4, 0.5) is 17.1 Å². The Bertz CT molecular complexity index is 837. The lowest BCUT2D eigenvalue weighted by atomic mass is 10.2. The van der Waals surface area contributed by atoms with E-state index in [1.54, 1.807) is 24.3 Å². The molecule has 0 saturated carbocycles. The van der Waals surface area contributed by atoms with Crippen molar-refractivity contribution in [3.8, 4) is 11.5 Å². The number of carbonyl (C=O) groups is 2. The Kier molecular flexibility index (Phi) is 6.10. The highest BCUT2D eigenvalue weighted by Gasteiger charge is 2.17. The van der Waals surface area contributed by atoms with Gasteiger partial charge in [0.25, 0.3) is 11.6 Å². The molecular weight excluding hydrogens is 342 g/mol. The van der Waals surface area contributed by atoms with E-state index in [-0.39, 0.29) is 23.9 Å². The number of hydrogen-bond acceptors (Lipinski definition) is 6. The molecule has 0 aliphatic heterocycles. The molecule has 0 bridgehead atoms. The first-order valence-electron chi connectivity index (χ1n) is 7.52. The molecule has 0 radical (unpaired) electrons. The summed E-state index contributed by atoms with van der Waals surface area (Å²) >= 11 is 0. The number of benzene rings is 2. The second kappa shape index (κ2) is 8.47. The smallest absolute Gasteiger partial charge is 0.296 e. The van der Waals surface area contributed by atoms with Crippen molar-refractivity contribution in [2.75, 3.05) is 24.4 Å². The number of para-hydroxylation sites is 2. The Morgan fingerprint density at radius 3 is 2.50 bits per heavy atom. The lowest BCUT2D eigenvalue weighted by molar-refractivity contribution is -0.384. The van der Waals surface area contributed by atoms with E-state index < -0.39 is 10.8 Å². The van der Waals surface area contributed by atoms with Gasteiger partial charge in [0.05, 0.1) is 23.8 Å². The van der Waals surface area contributed by atoms with Crippen molar-refractivity contribution in [2.45, 2.75) is 6.92 Å². The van der Waals surface area contributed by atoms with Crippen molar-refractivity contribution in [3.05, 3.63) is 52.6 Å². The number of ether oxygens (including phenoxy) is 2. The molecule has 0 aromatic heterocycles. The Morgan fingerprint density at radius 1 is 1.12 bits per heavy atom. The van der Waals surface area contributed by atoms with E-state index in [9.17, 15) is 19.7 Å². The molecule has 9 heteroatoms. The molecule has 9 nitrogen and oxygen atoms in total. The highest BCUT2D eigenvalue weighted by atomic mass is 16.6. The molecule has 0 atom stereocenters. The minimum Gasteiger partial charge on any atom is -0.496 e. The van der Waals surface area contributed by atoms with Gasteiger partial charge >= 0.3 is 0 Å². The van der Waals surface area contributed by atoms with E-state index in [4.69, 9.17) is 9.47 Å². The molecule has 2 aromatic rings. The molecule has 0 aliphatic rings. The molecule has 0 unspecified atom stereocenters. The van der Waals surface area contributed by atoms with Crippen LogP contribution in [0.25, 0.3) is 0 Å². The minimum atomic E-state index is -0.620. The molecule has 2 rings (SSSR count). The molecule has 136 valence electrons. The van der Waals surface area contributed by atoms with Gasteiger partial charge in [0, 0.05) is 6.92 Å². The second-order valence-electron chi connectivity index (χ2n) is 5.15. The number of amides is 2. The lowest BCUT2D eigenvalue weighted by Gasteiger charge is -2.12. The summed E-state index contributed by atoms with van der Waals surface area (Å²) in [6.07, 6.45) is 0. The summed E-state index contributed by atoms with van der Waals surface area (Å²) < 4.78 is 10.3. The Morgan fingerprint density at radius 2 is 1.85 bits per heavy atom. The summed E-state index contributed by atoms with van der Waals surface area (Å²) in [4.78, 5) is 33.8. The fraction of sp³-hybridized carbons (Fsp3) is 0.176. The maximum Gasteiger partial charge on any atom is 0.296 e. The standard InChI is InChI=1S/C17H17N3O6/c1-11(21)18-14-5-3-4-6-16(14)26-10-17(22)19-13-8-7-12(25-2)9-15(13)20(23)24/h3-9H,10H2,1-2H3,(H,18,21)(H,19,22). The normalized spacial score (nSPS) is 9.92. The highest BCUT2D eigenvalue weighted by Crippen LogP contribution is 2.29. The van der Waals surface area contributed by atoms with Gasteiger partial charge in [-0.2, -0.15) is 0 Å². The molecular formula is C17H17N3O6. The largest absolute Gasteiger partial charge is 0.496 e. The Balaban J connectivity index is 2.06. The number of nitro benzene ring substituents is 1. The van der Waals surface area contributed by atoms with Gasteiger partial charge in [0.1, 0.15) is 17.2 Å². The van der Waals surface area contributed by atoms with Crippen LogP contribution < -0.4 is 20.1 Å². The summed E-state index contributed by atoms with van der Waals surface area (Å²) in [5.41, 5.74) is 0.152. The Labute approximate surface area is 149 Å². The molecule has 0 aliphatic carbocycles. The molecule has 0 saturated heterocycles. The SMILES string of the molecule is COc1ccc(NC(=O)COc2ccccc2NC(C)=O)c([N+](=O)[O-])c1. The van der Waals surface area contributed by atoms with Crippen molar-refractivity contribution in [1.82, 2.24) is 0 Å². The molecule has 2 amide bonds. The van der Waals surface area contributed by atoms with Crippen molar-refractivity contribution in [1.29, 1.82) is 0 Å². The van der Waals surface area contributed by atoms with E-state index in [0.29, 0.717) is 17.2 Å². The quantitative estimate of drug-likeness (QED) is 0.579. The first-order valence-corrected chi connectivity index (χ1v) is 7.52. The summed E-state index contributed by atoms with van der Waals surface area (Å²) in [6, 6.07) is 10.7. The monoisotopic (exact) mass is 359 g/mol. The van der Waals surface area contributed by atoms with Crippen molar-refractivity contribution in [3.63, 3.8) is 0 Å². The van der Waals surface area contributed by atoms with Crippen molar-refractivity contribution < 1.29 is 24.0 Å². The van der Waals surface area contributed by atoms with Crippen LogP contribution in [0.5, 0.6) is 11.5 Å². The van der Waals surface area contributed by atoms with Crippen LogP contribution in [0, 0.1) is 10.1 Å². The number of nitrogens with one attached hydrogen (secondary N) is 2. The van der Waals surface area contributed by atoms with Gasteiger partial charge in [0.2, 0.25) is 5.91 Å². The number of nitrogens with zero attached hydrogens (tertiary/aromatic N) is 1. The summed E-state index contributed by atoms with van der Waals surface area (Å²) in [7, 11) is 1.39. The van der Waals surface area contributed by atoms with Gasteiger partial charge in [-0.3, -0.25) is 19.7 Å². The van der Waals surface area contributed by atoms with Crippen molar-refractivity contribution >= 4 is 28.9 Å². The van der Waals surface area contributed by atoms with Gasteiger partial charge < -0.3 is 20.1 Å². The lowest BCUT2D eigenvalue weighted by Crippen LogP contribution is -2.21. The third kappa shape index (κ3) is 4.94. The van der Waals surface area contributed by atoms with E-state index >= 15 is 0 Å². The molecule has 26 heavy (non-hydrogen) atoms. The number of hydrogen-bond donors (Lipinski definition) is 2. The maximum absolute atomic E-state index is 12.1. The maximum atomic E-state index is 12.1. The molecule has 2 aromatic carbocycles. The van der Waals surface area contributed by atoms with Gasteiger partial charge in [-0.25, -0.2) is 0 Å². The second-order valence-corrected chi connectivity index (χ2v) is 5.15. The molecule has 0 spiro atoms. The zero-order valence-corrected chi connectivity index (χ0v) is 14.1. The number of rotatable bonds is 7. The van der Waals surface area contributed by atoms with E-state index in [0.717, 1.165) is 0 Å². The van der Waals surface area contributed by atoms with Crippen molar-refractivity contribution in [2.24, 2.45) is 0 Å². The first kappa shape index (κ1) is 18.7. The number of methoxy groups -OCH3 is 1. The third-order valence-corrected chi connectivity index (χ3v) is 3.23. The van der Waals surface area contributed by atoms with Gasteiger partial charge in [-0.1, -0.05) is 12.1 Å². The summed E-state index contributed by atoms with van der Waals surface area (Å²) in [5.74, 6) is -0.257. The predicted molar refractivity (Wildman–Crippen MR) is 94.5 cm³/mol. The number of anilines is 2. The topological polar surface area (TPSA) is 120 Å². The average Bonchev–Trinajstić information content (AvgIpc) is 2.60. The van der Waals surface area contributed by atoms with Gasteiger partial charge in [-0.15, -0.1) is 0 Å². The minimum absolute atomic E-state index is 0.0274. The van der Waals surface area contributed by atoms with Gasteiger partial charge in [-0.05, 0) is 24.3 Å². The third-order valence-electron chi connectivity index (χ3n) is 3.23. The van der Waals surface area contributed by atoms with Crippen LogP contribution in [0.1, 0.15) is 6.92 Å². The number of nitro groups is 1. The highest BCUT2D eigenvalue weighted by molar-refractivity contribution is 5.94. The molecule has 0 fully saturated rings. The fourth-order valence-corrected chi connectivity index (χ4v) is 2.11. The van der Waals surface area contributed by atoms with Crippen LogP contribution in [0.15, 0.2) is 42.5 Å². The van der Waals surface area contributed by atoms with Crippen LogP contribution in [-0.4, -0.2) is 30.5 Å². The van der Waals surface area contributed by atoms with Crippen LogP contribution in [-0.2, 0) is 9.59 Å². The van der Waals surface area contributed by atoms with Crippen LogP contribution in [0.2, 0.25) is 0 Å². The molecule has 0 heterocycles. The zero-order chi connectivity index (χ0) is 19.1. The Hall–Kier alpha value is -3.62. The van der Waals surface area contributed by atoms with Crippen LogP contribution in [0.3, 0.4) is 0 Å². The van der Waals surface area contributed by atoms with Crippen LogP contribution >= 0.6 is 0 Å². The zero-order valence-electron chi connectivity index (χ0n) is 14.1. The van der Waals surface area contributed by atoms with E-state index in [1.807, 2.05) is 0 Å². The summed E-state index contributed by atoms with van der Waals surface area (Å²) in [5, 5.41) is 16.1. The first-order chi connectivity index (χ1) is 12.4.